The minimum absolute atomic E-state index is 0.222. The van der Waals surface area contributed by atoms with E-state index in [2.05, 4.69) is 26.1 Å². The predicted octanol–water partition coefficient (Wildman–Crippen LogP) is 3.16. The summed E-state index contributed by atoms with van der Waals surface area (Å²) in [5.74, 6) is -0.666. The van der Waals surface area contributed by atoms with E-state index in [4.69, 9.17) is 9.84 Å². The van der Waals surface area contributed by atoms with Crippen molar-refractivity contribution < 1.29 is 14.6 Å². The molecule has 1 fully saturated rings. The first-order valence-electron chi connectivity index (χ1n) is 7.02. The van der Waals surface area contributed by atoms with E-state index in [1.165, 1.54) is 25.7 Å². The Balaban J connectivity index is 0.000000351. The lowest BCUT2D eigenvalue weighted by Gasteiger charge is -2.12. The zero-order valence-corrected chi connectivity index (χ0v) is 12.1. The van der Waals surface area contributed by atoms with Crippen molar-refractivity contribution >= 4 is 5.97 Å². The van der Waals surface area contributed by atoms with Gasteiger partial charge in [-0.3, -0.25) is 10.1 Å². The molecule has 1 aliphatic heterocycles. The van der Waals surface area contributed by atoms with Gasteiger partial charge in [0.1, 0.15) is 0 Å². The molecule has 0 saturated carbocycles. The number of rotatable bonds is 7. The molecule has 0 spiro atoms. The van der Waals surface area contributed by atoms with Crippen molar-refractivity contribution in [3.63, 3.8) is 0 Å². The number of aliphatic carboxylic acids is 1. The average Bonchev–Trinajstić information content (AvgIpc) is 2.69. The molecule has 1 aliphatic rings. The van der Waals surface area contributed by atoms with Crippen LogP contribution in [0.3, 0.4) is 0 Å². The fourth-order valence-electron chi connectivity index (χ4n) is 1.66. The van der Waals surface area contributed by atoms with Crippen LogP contribution in [0.1, 0.15) is 65.7 Å². The van der Waals surface area contributed by atoms with Gasteiger partial charge in [-0.05, 0) is 20.3 Å². The van der Waals surface area contributed by atoms with Gasteiger partial charge in [0, 0.05) is 12.0 Å². The SMILES string of the molecule is CC1(C)COCN1.CCCCCCCCC(=O)O. The van der Waals surface area contributed by atoms with E-state index in [1.54, 1.807) is 0 Å². The summed E-state index contributed by atoms with van der Waals surface area (Å²) in [6, 6.07) is 0. The number of hydrogen-bond acceptors (Lipinski definition) is 3. The van der Waals surface area contributed by atoms with Gasteiger partial charge in [-0.2, -0.15) is 0 Å². The second-order valence-electron chi connectivity index (χ2n) is 5.46. The summed E-state index contributed by atoms with van der Waals surface area (Å²) in [6.45, 7) is 7.98. The third-order valence-corrected chi connectivity index (χ3v) is 2.86. The largest absolute Gasteiger partial charge is 0.481 e. The quantitative estimate of drug-likeness (QED) is 0.689. The Hall–Kier alpha value is -0.610. The summed E-state index contributed by atoms with van der Waals surface area (Å²) in [4.78, 5) is 10.1. The maximum atomic E-state index is 10.1. The molecule has 0 amide bonds. The van der Waals surface area contributed by atoms with Crippen molar-refractivity contribution in [3.05, 3.63) is 0 Å². The van der Waals surface area contributed by atoms with Gasteiger partial charge in [0.15, 0.2) is 0 Å². The molecule has 4 nitrogen and oxygen atoms in total. The molecule has 0 bridgehead atoms. The Kier molecular flexibility index (Phi) is 9.98. The molecule has 0 unspecified atom stereocenters. The average molecular weight is 259 g/mol. The Morgan fingerprint density at radius 1 is 1.22 bits per heavy atom. The van der Waals surface area contributed by atoms with E-state index >= 15 is 0 Å². The number of hydrogen-bond donors (Lipinski definition) is 2. The third-order valence-electron chi connectivity index (χ3n) is 2.86. The van der Waals surface area contributed by atoms with Crippen molar-refractivity contribution in [2.45, 2.75) is 71.3 Å². The fourth-order valence-corrected chi connectivity index (χ4v) is 1.66. The number of ether oxygens (including phenoxy) is 1. The molecule has 0 radical (unpaired) electrons. The Morgan fingerprint density at radius 2 is 1.83 bits per heavy atom. The van der Waals surface area contributed by atoms with Gasteiger partial charge in [-0.15, -0.1) is 0 Å². The summed E-state index contributed by atoms with van der Waals surface area (Å²) < 4.78 is 5.05. The highest BCUT2D eigenvalue weighted by molar-refractivity contribution is 5.66. The summed E-state index contributed by atoms with van der Waals surface area (Å²) in [7, 11) is 0. The topological polar surface area (TPSA) is 58.6 Å². The second kappa shape index (κ2) is 10.3. The highest BCUT2D eigenvalue weighted by Crippen LogP contribution is 2.07. The molecule has 1 saturated heterocycles. The van der Waals surface area contributed by atoms with Gasteiger partial charge in [0.05, 0.1) is 13.3 Å². The smallest absolute Gasteiger partial charge is 0.303 e. The molecular weight excluding hydrogens is 230 g/mol. The third kappa shape index (κ3) is 11.9. The van der Waals surface area contributed by atoms with Gasteiger partial charge in [-0.1, -0.05) is 39.0 Å². The summed E-state index contributed by atoms with van der Waals surface area (Å²) >= 11 is 0. The maximum Gasteiger partial charge on any atom is 0.303 e. The van der Waals surface area contributed by atoms with Crippen molar-refractivity contribution in [3.8, 4) is 0 Å². The standard InChI is InChI=1S/C9H18O2.C5H11NO/c1-2-3-4-5-6-7-8-9(10)11;1-5(2)3-7-4-6-5/h2-8H2,1H3,(H,10,11);6H,3-4H2,1-2H3. The Morgan fingerprint density at radius 3 is 2.22 bits per heavy atom. The molecule has 108 valence electrons. The summed E-state index contributed by atoms with van der Waals surface area (Å²) in [6.07, 6.45) is 7.25. The molecule has 1 rings (SSSR count). The van der Waals surface area contributed by atoms with Crippen LogP contribution in [-0.2, 0) is 9.53 Å². The van der Waals surface area contributed by atoms with E-state index in [0.717, 1.165) is 19.4 Å². The normalized spacial score (nSPS) is 17.1. The molecule has 18 heavy (non-hydrogen) atoms. The molecule has 0 aromatic heterocycles. The number of carboxylic acids is 1. The minimum atomic E-state index is -0.666. The van der Waals surface area contributed by atoms with E-state index < -0.39 is 5.97 Å². The lowest BCUT2D eigenvalue weighted by Crippen LogP contribution is -2.34. The van der Waals surface area contributed by atoms with Crippen molar-refractivity contribution in [2.75, 3.05) is 13.3 Å². The van der Waals surface area contributed by atoms with Gasteiger partial charge in [0.25, 0.3) is 0 Å². The van der Waals surface area contributed by atoms with Gasteiger partial charge < -0.3 is 9.84 Å². The van der Waals surface area contributed by atoms with Crippen LogP contribution in [0.15, 0.2) is 0 Å². The molecule has 4 heteroatoms. The Bertz CT molecular complexity index is 209. The van der Waals surface area contributed by atoms with Crippen molar-refractivity contribution in [1.82, 2.24) is 5.32 Å². The fraction of sp³-hybridized carbons (Fsp3) is 0.929. The van der Waals surface area contributed by atoms with Crippen LogP contribution in [0.2, 0.25) is 0 Å². The number of carbonyl (C=O) groups is 1. The number of carboxylic acid groups (broad SMARTS) is 1. The van der Waals surface area contributed by atoms with Crippen LogP contribution in [0, 0.1) is 0 Å². The first-order chi connectivity index (χ1) is 8.48. The zero-order valence-electron chi connectivity index (χ0n) is 12.1. The monoisotopic (exact) mass is 259 g/mol. The van der Waals surface area contributed by atoms with Gasteiger partial charge in [0.2, 0.25) is 0 Å². The predicted molar refractivity (Wildman–Crippen MR) is 73.7 cm³/mol. The second-order valence-corrected chi connectivity index (χ2v) is 5.46. The first kappa shape index (κ1) is 17.4. The maximum absolute atomic E-state index is 10.1. The molecule has 0 aromatic rings. The van der Waals surface area contributed by atoms with Crippen LogP contribution in [0.5, 0.6) is 0 Å². The summed E-state index contributed by atoms with van der Waals surface area (Å²) in [5.41, 5.74) is 0.222. The van der Waals surface area contributed by atoms with Crippen LogP contribution >= 0.6 is 0 Å². The molecule has 1 heterocycles. The van der Waals surface area contributed by atoms with Crippen LogP contribution < -0.4 is 5.32 Å². The highest BCUT2D eigenvalue weighted by atomic mass is 16.5. The number of unbranched alkanes of at least 4 members (excludes halogenated alkanes) is 5. The first-order valence-corrected chi connectivity index (χ1v) is 7.02. The lowest BCUT2D eigenvalue weighted by molar-refractivity contribution is -0.137. The van der Waals surface area contributed by atoms with Crippen LogP contribution in [-0.4, -0.2) is 30.0 Å². The van der Waals surface area contributed by atoms with E-state index in [0.29, 0.717) is 13.2 Å². The molecule has 2 N–H and O–H groups in total. The number of nitrogens with one attached hydrogen (secondary N) is 1. The van der Waals surface area contributed by atoms with Crippen LogP contribution in [0.25, 0.3) is 0 Å². The van der Waals surface area contributed by atoms with Crippen molar-refractivity contribution in [1.29, 1.82) is 0 Å². The molecular formula is C14H29NO3. The zero-order chi connectivity index (χ0) is 13.9. The minimum Gasteiger partial charge on any atom is -0.481 e. The molecule has 0 aliphatic carbocycles. The molecule has 0 aromatic carbocycles. The highest BCUT2D eigenvalue weighted by Gasteiger charge is 2.21. The van der Waals surface area contributed by atoms with E-state index in [1.807, 2.05) is 0 Å². The lowest BCUT2D eigenvalue weighted by atomic mass is 10.1. The molecule has 0 atom stereocenters. The Labute approximate surface area is 111 Å². The van der Waals surface area contributed by atoms with Gasteiger partial charge >= 0.3 is 5.97 Å². The van der Waals surface area contributed by atoms with Crippen LogP contribution in [0.4, 0.5) is 0 Å². The van der Waals surface area contributed by atoms with E-state index in [-0.39, 0.29) is 5.54 Å². The van der Waals surface area contributed by atoms with E-state index in [9.17, 15) is 4.79 Å². The van der Waals surface area contributed by atoms with Gasteiger partial charge in [-0.25, -0.2) is 0 Å². The van der Waals surface area contributed by atoms with Crippen molar-refractivity contribution in [2.24, 2.45) is 0 Å². The summed E-state index contributed by atoms with van der Waals surface area (Å²) in [5, 5.41) is 11.5.